The predicted molar refractivity (Wildman–Crippen MR) is 133 cm³/mol. The highest BCUT2D eigenvalue weighted by molar-refractivity contribution is 7.85. The van der Waals surface area contributed by atoms with Gasteiger partial charge in [-0.2, -0.15) is 8.42 Å². The third kappa shape index (κ3) is 17.3. The van der Waals surface area contributed by atoms with E-state index in [4.69, 9.17) is 10.5 Å². The fraction of sp³-hybridized carbons (Fsp3) is 0.571. The molecule has 16 heteroatoms. The van der Waals surface area contributed by atoms with E-state index in [0.717, 1.165) is 6.26 Å². The summed E-state index contributed by atoms with van der Waals surface area (Å²) in [4.78, 5) is 36.4. The maximum Gasteiger partial charge on any atom is 0.410 e. The van der Waals surface area contributed by atoms with Crippen LogP contribution in [0.5, 0.6) is 0 Å². The number of unbranched alkanes of at least 4 members (excludes halogenated alkanes) is 1. The zero-order valence-corrected chi connectivity index (χ0v) is 22.1. The van der Waals surface area contributed by atoms with Gasteiger partial charge in [-0.1, -0.05) is 12.1 Å². The second-order valence-corrected chi connectivity index (χ2v) is 10.1. The van der Waals surface area contributed by atoms with Gasteiger partial charge in [0.1, 0.15) is 6.61 Å². The van der Waals surface area contributed by atoms with Crippen molar-refractivity contribution in [2.45, 2.75) is 38.7 Å². The quantitative estimate of drug-likeness (QED) is 0.130. The second kappa shape index (κ2) is 17.6. The van der Waals surface area contributed by atoms with Crippen molar-refractivity contribution >= 4 is 45.2 Å². The Bertz CT molecular complexity index is 990. The summed E-state index contributed by atoms with van der Waals surface area (Å²) in [5.74, 6) is -0.182. The van der Waals surface area contributed by atoms with E-state index in [1.54, 1.807) is 24.3 Å². The number of benzene rings is 1. The Kier molecular flexibility index (Phi) is 15.4. The van der Waals surface area contributed by atoms with Crippen molar-refractivity contribution in [1.82, 2.24) is 10.2 Å². The summed E-state index contributed by atoms with van der Waals surface area (Å²) in [7, 11) is -3.61. The summed E-state index contributed by atoms with van der Waals surface area (Å²) in [6, 6.07) is 6.08. The van der Waals surface area contributed by atoms with Gasteiger partial charge in [0.25, 0.3) is 10.1 Å². The molecule has 1 aromatic rings. The summed E-state index contributed by atoms with van der Waals surface area (Å²) in [6.45, 7) is 0.337. The van der Waals surface area contributed by atoms with E-state index in [-0.39, 0.29) is 58.1 Å². The Morgan fingerprint density at radius 2 is 1.70 bits per heavy atom. The number of amides is 4. The first-order chi connectivity index (χ1) is 17.5. The van der Waals surface area contributed by atoms with Gasteiger partial charge in [0.2, 0.25) is 5.91 Å². The van der Waals surface area contributed by atoms with Crippen LogP contribution in [0.25, 0.3) is 0 Å². The average molecular weight is 566 g/mol. The van der Waals surface area contributed by atoms with Crippen molar-refractivity contribution in [3.63, 3.8) is 0 Å². The summed E-state index contributed by atoms with van der Waals surface area (Å²) < 4.78 is 57.5. The van der Waals surface area contributed by atoms with E-state index in [2.05, 4.69) is 19.0 Å². The number of nitrogens with two attached hydrogens (primary N) is 1. The lowest BCUT2D eigenvalue weighted by molar-refractivity contribution is -0.116. The molecule has 1 atom stereocenters. The van der Waals surface area contributed by atoms with Crippen LogP contribution in [0.1, 0.15) is 37.7 Å². The third-order valence-electron chi connectivity index (χ3n) is 4.61. The molecule has 0 fully saturated rings. The molecule has 210 valence electrons. The number of rotatable bonds is 18. The van der Waals surface area contributed by atoms with Gasteiger partial charge in [-0.25, -0.2) is 13.8 Å². The number of hydrogen-bond acceptors (Lipinski definition) is 10. The van der Waals surface area contributed by atoms with Gasteiger partial charge >= 0.3 is 12.1 Å². The minimum Gasteiger partial charge on any atom is -0.750 e. The summed E-state index contributed by atoms with van der Waals surface area (Å²) in [5, 5.41) is 5.20. The zero-order valence-electron chi connectivity index (χ0n) is 20.5. The van der Waals surface area contributed by atoms with Crippen LogP contribution >= 0.6 is 0 Å². The largest absolute Gasteiger partial charge is 0.750 e. The molecule has 0 aliphatic carbocycles. The molecule has 0 spiro atoms. The van der Waals surface area contributed by atoms with E-state index in [9.17, 15) is 31.6 Å². The predicted octanol–water partition coefficient (Wildman–Crippen LogP) is 0.969. The first-order valence-electron chi connectivity index (χ1n) is 11.4. The van der Waals surface area contributed by atoms with Gasteiger partial charge in [-0.05, 0) is 43.4 Å². The number of carbonyl (C=O) groups is 3. The summed E-state index contributed by atoms with van der Waals surface area (Å²) >= 11 is -2.66. The first kappa shape index (κ1) is 32.2. The lowest BCUT2D eigenvalue weighted by Gasteiger charge is -2.22. The fourth-order valence-corrected chi connectivity index (χ4v) is 3.58. The topological polar surface area (TPSA) is 206 Å². The molecule has 0 aliphatic heterocycles. The Morgan fingerprint density at radius 1 is 1.05 bits per heavy atom. The molecule has 0 saturated carbocycles. The molecule has 0 saturated heterocycles. The Hall–Kier alpha value is -2.79. The van der Waals surface area contributed by atoms with Crippen molar-refractivity contribution in [2.24, 2.45) is 5.73 Å². The monoisotopic (exact) mass is 565 g/mol. The third-order valence-corrected chi connectivity index (χ3v) is 5.56. The molecule has 0 aromatic heterocycles. The lowest BCUT2D eigenvalue weighted by atomic mass is 10.2. The van der Waals surface area contributed by atoms with Crippen molar-refractivity contribution in [3.05, 3.63) is 29.8 Å². The smallest absolute Gasteiger partial charge is 0.410 e. The van der Waals surface area contributed by atoms with E-state index in [0.29, 0.717) is 30.6 Å². The maximum absolute atomic E-state index is 12.5. The number of nitrogens with zero attached hydrogens (tertiary/aromatic N) is 1. The van der Waals surface area contributed by atoms with E-state index >= 15 is 0 Å². The maximum atomic E-state index is 12.5. The van der Waals surface area contributed by atoms with Crippen LogP contribution < -0.4 is 16.4 Å². The molecule has 1 aromatic carbocycles. The van der Waals surface area contributed by atoms with Gasteiger partial charge in [-0.3, -0.25) is 8.98 Å². The van der Waals surface area contributed by atoms with Crippen LogP contribution in [0.4, 0.5) is 15.3 Å². The van der Waals surface area contributed by atoms with Crippen LogP contribution in [0.2, 0.25) is 0 Å². The number of nitrogens with one attached hydrogen (secondary N) is 2. The molecule has 4 amide bonds. The Balaban J connectivity index is 2.49. The minimum absolute atomic E-state index is 0.0582. The van der Waals surface area contributed by atoms with Gasteiger partial charge < -0.3 is 34.7 Å². The molecule has 0 aliphatic rings. The van der Waals surface area contributed by atoms with E-state index < -0.39 is 33.6 Å². The van der Waals surface area contributed by atoms with Gasteiger partial charge in [0, 0.05) is 31.7 Å². The highest BCUT2D eigenvalue weighted by Crippen LogP contribution is 2.12. The van der Waals surface area contributed by atoms with Crippen LogP contribution in [-0.2, 0) is 46.0 Å². The fourth-order valence-electron chi connectivity index (χ4n) is 2.91. The van der Waals surface area contributed by atoms with Crippen LogP contribution in [-0.4, -0.2) is 79.2 Å². The van der Waals surface area contributed by atoms with Gasteiger partial charge in [0.05, 0.1) is 30.8 Å². The Labute approximate surface area is 218 Å². The normalized spacial score (nSPS) is 11.9. The van der Waals surface area contributed by atoms with Gasteiger partial charge in [-0.15, -0.1) is 0 Å². The molecular formula is C21H33N4O10S2-. The van der Waals surface area contributed by atoms with Crippen molar-refractivity contribution < 1.29 is 44.7 Å². The van der Waals surface area contributed by atoms with Crippen LogP contribution in [0, 0.1) is 0 Å². The second-order valence-electron chi connectivity index (χ2n) is 7.79. The molecule has 14 nitrogen and oxygen atoms in total. The average Bonchev–Trinajstić information content (AvgIpc) is 2.81. The summed E-state index contributed by atoms with van der Waals surface area (Å²) in [5.41, 5.74) is 6.20. The number of anilines is 1. The zero-order chi connectivity index (χ0) is 27.7. The summed E-state index contributed by atoms with van der Waals surface area (Å²) in [6.07, 6.45) is 2.15. The highest BCUT2D eigenvalue weighted by Gasteiger charge is 2.15. The van der Waals surface area contributed by atoms with Crippen molar-refractivity contribution in [3.8, 4) is 0 Å². The Morgan fingerprint density at radius 3 is 2.30 bits per heavy atom. The van der Waals surface area contributed by atoms with Gasteiger partial charge in [0.15, 0.2) is 0 Å². The number of primary amides is 1. The molecule has 0 radical (unpaired) electrons. The molecule has 4 N–H and O–H groups in total. The number of carbonyl (C=O) groups excluding carboxylic acids is 3. The molecular weight excluding hydrogens is 532 g/mol. The first-order valence-corrected chi connectivity index (χ1v) is 14.2. The standard InChI is InChI=1S/C21H34N4O10S2/c1-37(31,32)35-15-5-13-25(12-4-14-34-36(29)30)21(28)33-16-17-7-9-18(10-8-17)24-19(26)6-2-3-11-23-20(22)27/h7-10H,2-6,11-16H2,1H3,(H,24,26)(H,29,30)(H3,22,23,27)/p-1. The lowest BCUT2D eigenvalue weighted by Crippen LogP contribution is -2.34. The molecule has 0 heterocycles. The minimum atomic E-state index is -3.61. The van der Waals surface area contributed by atoms with Crippen LogP contribution in [0.15, 0.2) is 24.3 Å². The molecule has 1 unspecified atom stereocenters. The molecule has 1 rings (SSSR count). The SMILES string of the molecule is CS(=O)(=O)OCCCN(CCCOS(=O)[O-])C(=O)OCc1ccc(NC(=O)CCCCNC(N)=O)cc1. The number of urea groups is 1. The van der Waals surface area contributed by atoms with Crippen molar-refractivity contribution in [2.75, 3.05) is 44.4 Å². The molecule has 0 bridgehead atoms. The van der Waals surface area contributed by atoms with Crippen molar-refractivity contribution in [1.29, 1.82) is 0 Å². The van der Waals surface area contributed by atoms with Crippen LogP contribution in [0.3, 0.4) is 0 Å². The highest BCUT2D eigenvalue weighted by atomic mass is 32.2. The number of ether oxygens (including phenoxy) is 1. The number of hydrogen-bond donors (Lipinski definition) is 3. The van der Waals surface area contributed by atoms with E-state index in [1.807, 2.05) is 0 Å². The molecule has 37 heavy (non-hydrogen) atoms. The van der Waals surface area contributed by atoms with E-state index in [1.165, 1.54) is 4.90 Å².